The predicted molar refractivity (Wildman–Crippen MR) is 64.0 cm³/mol. The first-order chi connectivity index (χ1) is 7.72. The summed E-state index contributed by atoms with van der Waals surface area (Å²) < 4.78 is 1.63. The molecule has 80 valence electrons. The van der Waals surface area contributed by atoms with Gasteiger partial charge in [0.25, 0.3) is 0 Å². The maximum atomic E-state index is 9.18. The van der Waals surface area contributed by atoms with Gasteiger partial charge in [0.15, 0.2) is 0 Å². The van der Waals surface area contributed by atoms with Gasteiger partial charge in [0, 0.05) is 5.39 Å². The first kappa shape index (κ1) is 10.3. The van der Waals surface area contributed by atoms with E-state index in [1.807, 2.05) is 25.1 Å². The minimum absolute atomic E-state index is 0.607. The van der Waals surface area contributed by atoms with Gasteiger partial charge in [0.1, 0.15) is 13.2 Å². The molecule has 1 aromatic carbocycles. The van der Waals surface area contributed by atoms with Crippen molar-refractivity contribution < 1.29 is 4.84 Å². The number of rotatable bonds is 2. The zero-order valence-electron chi connectivity index (χ0n) is 9.32. The molecule has 2 rings (SSSR count). The van der Waals surface area contributed by atoms with E-state index >= 15 is 0 Å². The summed E-state index contributed by atoms with van der Waals surface area (Å²) in [5.74, 6) is 0. The third-order valence-corrected chi connectivity index (χ3v) is 2.60. The Bertz CT molecular complexity index is 602. The molecule has 0 spiro atoms. The molecule has 0 fully saturated rings. The van der Waals surface area contributed by atoms with Crippen molar-refractivity contribution in [3.63, 3.8) is 0 Å². The van der Waals surface area contributed by atoms with Gasteiger partial charge in [-0.1, -0.05) is 18.2 Å². The van der Waals surface area contributed by atoms with Crippen molar-refractivity contribution in [3.8, 4) is 6.07 Å². The average molecular weight is 212 g/mol. The molecule has 0 amide bonds. The van der Waals surface area contributed by atoms with Crippen LogP contribution in [-0.2, 0) is 0 Å². The van der Waals surface area contributed by atoms with Crippen LogP contribution in [-0.4, -0.2) is 11.8 Å². The molecular weight excluding hydrogens is 200 g/mol. The highest BCUT2D eigenvalue weighted by Gasteiger charge is 2.15. The van der Waals surface area contributed by atoms with Crippen LogP contribution in [0, 0.1) is 18.3 Å². The second-order valence-electron chi connectivity index (χ2n) is 3.57. The fourth-order valence-electron chi connectivity index (χ4n) is 1.90. The molecule has 0 atom stereocenters. The van der Waals surface area contributed by atoms with E-state index in [1.54, 1.807) is 17.9 Å². The fraction of sp³-hybridized carbons (Fsp3) is 0.154. The van der Waals surface area contributed by atoms with Crippen molar-refractivity contribution in [2.24, 2.45) is 0 Å². The second-order valence-corrected chi connectivity index (χ2v) is 3.57. The number of fused-ring (bicyclic) bond motifs is 1. The zero-order chi connectivity index (χ0) is 11.7. The van der Waals surface area contributed by atoms with E-state index < -0.39 is 0 Å². The number of benzene rings is 1. The van der Waals surface area contributed by atoms with Gasteiger partial charge >= 0.3 is 0 Å². The van der Waals surface area contributed by atoms with Crippen LogP contribution in [0.4, 0.5) is 0 Å². The molecule has 0 saturated carbocycles. The minimum Gasteiger partial charge on any atom is -0.416 e. The minimum atomic E-state index is 0.607. The van der Waals surface area contributed by atoms with Gasteiger partial charge < -0.3 is 4.84 Å². The summed E-state index contributed by atoms with van der Waals surface area (Å²) in [4.78, 5) is 5.27. The van der Waals surface area contributed by atoms with Crippen molar-refractivity contribution in [2.45, 2.75) is 6.92 Å². The van der Waals surface area contributed by atoms with E-state index in [0.29, 0.717) is 11.3 Å². The maximum Gasteiger partial charge on any atom is 0.104 e. The summed E-state index contributed by atoms with van der Waals surface area (Å²) in [6.07, 6.45) is 1.64. The van der Waals surface area contributed by atoms with Gasteiger partial charge in [-0.15, -0.1) is 0 Å². The van der Waals surface area contributed by atoms with Gasteiger partial charge in [-0.05, 0) is 25.1 Å². The molecule has 0 aliphatic rings. The zero-order valence-corrected chi connectivity index (χ0v) is 9.32. The third kappa shape index (κ3) is 1.28. The SMILES string of the molecule is C=Cc1c(C#N)c2cc(C)ccc2n1OC. The van der Waals surface area contributed by atoms with E-state index in [0.717, 1.165) is 16.5 Å². The lowest BCUT2D eigenvalue weighted by atomic mass is 10.1. The Labute approximate surface area is 94.1 Å². The maximum absolute atomic E-state index is 9.18. The van der Waals surface area contributed by atoms with Crippen molar-refractivity contribution >= 4 is 17.0 Å². The normalized spacial score (nSPS) is 10.1. The van der Waals surface area contributed by atoms with E-state index in [4.69, 9.17) is 4.84 Å². The van der Waals surface area contributed by atoms with Crippen LogP contribution in [0.25, 0.3) is 17.0 Å². The van der Waals surface area contributed by atoms with Crippen LogP contribution < -0.4 is 4.84 Å². The quantitative estimate of drug-likeness (QED) is 0.767. The molecular formula is C13H12N2O. The average Bonchev–Trinajstić information content (AvgIpc) is 2.60. The van der Waals surface area contributed by atoms with Crippen molar-refractivity contribution in [2.75, 3.05) is 7.11 Å². The lowest BCUT2D eigenvalue weighted by Crippen LogP contribution is -2.07. The molecule has 0 unspecified atom stereocenters. The third-order valence-electron chi connectivity index (χ3n) is 2.60. The highest BCUT2D eigenvalue weighted by Crippen LogP contribution is 2.26. The second kappa shape index (κ2) is 3.74. The molecule has 1 aromatic heterocycles. The van der Waals surface area contributed by atoms with Gasteiger partial charge in [0.05, 0.1) is 16.8 Å². The Kier molecular flexibility index (Phi) is 2.41. The summed E-state index contributed by atoms with van der Waals surface area (Å²) in [7, 11) is 1.58. The number of aromatic nitrogens is 1. The topological polar surface area (TPSA) is 38.0 Å². The molecule has 0 bridgehead atoms. The first-order valence-corrected chi connectivity index (χ1v) is 4.95. The van der Waals surface area contributed by atoms with Crippen molar-refractivity contribution in [1.82, 2.24) is 4.73 Å². The Hall–Kier alpha value is -2.21. The van der Waals surface area contributed by atoms with Crippen LogP contribution in [0.2, 0.25) is 0 Å². The largest absolute Gasteiger partial charge is 0.416 e. The summed E-state index contributed by atoms with van der Waals surface area (Å²) in [5, 5.41) is 10.1. The molecule has 0 aliphatic carbocycles. The first-order valence-electron chi connectivity index (χ1n) is 4.95. The van der Waals surface area contributed by atoms with Crippen molar-refractivity contribution in [3.05, 3.63) is 41.6 Å². The molecule has 0 saturated heterocycles. The van der Waals surface area contributed by atoms with Gasteiger partial charge in [0.2, 0.25) is 0 Å². The summed E-state index contributed by atoms with van der Waals surface area (Å²) >= 11 is 0. The monoisotopic (exact) mass is 212 g/mol. The van der Waals surface area contributed by atoms with Crippen LogP contribution in [0.3, 0.4) is 0 Å². The number of nitrogens with zero attached hydrogens (tertiary/aromatic N) is 2. The van der Waals surface area contributed by atoms with E-state index in [9.17, 15) is 5.26 Å². The van der Waals surface area contributed by atoms with Crippen LogP contribution in [0.5, 0.6) is 0 Å². The number of hydrogen-bond donors (Lipinski definition) is 0. The molecule has 0 radical (unpaired) electrons. The highest BCUT2D eigenvalue weighted by atomic mass is 16.6. The van der Waals surface area contributed by atoms with E-state index in [-0.39, 0.29) is 0 Å². The lowest BCUT2D eigenvalue weighted by molar-refractivity contribution is 0.177. The Morgan fingerprint density at radius 1 is 1.50 bits per heavy atom. The number of aryl methyl sites for hydroxylation is 1. The van der Waals surface area contributed by atoms with Gasteiger partial charge in [-0.25, -0.2) is 0 Å². The molecule has 0 aliphatic heterocycles. The summed E-state index contributed by atoms with van der Waals surface area (Å²) in [6.45, 7) is 5.71. The molecule has 3 heteroatoms. The van der Waals surface area contributed by atoms with E-state index in [2.05, 4.69) is 12.6 Å². The van der Waals surface area contributed by atoms with Crippen LogP contribution in [0.15, 0.2) is 24.8 Å². The number of nitriles is 1. The summed E-state index contributed by atoms with van der Waals surface area (Å²) in [5.41, 5.74) is 3.31. The van der Waals surface area contributed by atoms with Gasteiger partial charge in [-0.3, -0.25) is 0 Å². The fourth-order valence-corrected chi connectivity index (χ4v) is 1.90. The Morgan fingerprint density at radius 3 is 2.81 bits per heavy atom. The van der Waals surface area contributed by atoms with Gasteiger partial charge in [-0.2, -0.15) is 9.99 Å². The Balaban J connectivity index is 2.97. The van der Waals surface area contributed by atoms with E-state index in [1.165, 1.54) is 0 Å². The van der Waals surface area contributed by atoms with Crippen LogP contribution in [0.1, 0.15) is 16.8 Å². The smallest absolute Gasteiger partial charge is 0.104 e. The Morgan fingerprint density at radius 2 is 2.25 bits per heavy atom. The number of hydrogen-bond acceptors (Lipinski definition) is 2. The molecule has 3 nitrogen and oxygen atoms in total. The van der Waals surface area contributed by atoms with Crippen molar-refractivity contribution in [1.29, 1.82) is 5.26 Å². The van der Waals surface area contributed by atoms with Crippen LogP contribution >= 0.6 is 0 Å². The molecule has 2 aromatic rings. The predicted octanol–water partition coefficient (Wildman–Crippen LogP) is 2.52. The highest BCUT2D eigenvalue weighted by molar-refractivity contribution is 5.90. The summed E-state index contributed by atoms with van der Waals surface area (Å²) in [6, 6.07) is 8.12. The molecule has 0 N–H and O–H groups in total. The molecule has 1 heterocycles. The molecule has 16 heavy (non-hydrogen) atoms. The lowest BCUT2D eigenvalue weighted by Gasteiger charge is -2.04. The standard InChI is InChI=1S/C13H12N2O/c1-4-12-11(8-14)10-7-9(2)5-6-13(10)15(12)16-3/h4-7H,1H2,2-3H3.